The van der Waals surface area contributed by atoms with Gasteiger partial charge in [-0.25, -0.2) is 0 Å². The number of nitrogens with two attached hydrogens (primary N) is 1. The van der Waals surface area contributed by atoms with Crippen molar-refractivity contribution < 1.29 is 9.90 Å². The number of hydrogen-bond donors (Lipinski definition) is 2. The van der Waals surface area contributed by atoms with Gasteiger partial charge < -0.3 is 20.6 Å². The molecule has 0 bridgehead atoms. The Morgan fingerprint density at radius 3 is 2.85 bits per heavy atom. The molecule has 2 rings (SSSR count). The van der Waals surface area contributed by atoms with E-state index in [-0.39, 0.29) is 11.7 Å². The topological polar surface area (TPSA) is 69.8 Å². The van der Waals surface area contributed by atoms with Crippen molar-refractivity contribution >= 4 is 5.91 Å². The Morgan fingerprint density at radius 2 is 2.10 bits per heavy atom. The van der Waals surface area contributed by atoms with Gasteiger partial charge >= 0.3 is 0 Å². The van der Waals surface area contributed by atoms with Gasteiger partial charge in [0.25, 0.3) is 5.91 Å². The number of rotatable bonds is 3. The van der Waals surface area contributed by atoms with E-state index in [1.165, 1.54) is 0 Å². The van der Waals surface area contributed by atoms with Crippen LogP contribution in [0.1, 0.15) is 22.3 Å². The van der Waals surface area contributed by atoms with Crippen LogP contribution in [-0.4, -0.2) is 60.1 Å². The minimum absolute atomic E-state index is 0.0826. The molecule has 3 N–H and O–H groups in total. The highest BCUT2D eigenvalue weighted by molar-refractivity contribution is 5.97. The highest BCUT2D eigenvalue weighted by Gasteiger charge is 2.22. The average molecular weight is 277 g/mol. The fraction of sp³-hybridized carbons (Fsp3) is 0.533. The number of phenolic OH excluding ortho intramolecular Hbond substituents is 1. The van der Waals surface area contributed by atoms with Crippen LogP contribution in [0.3, 0.4) is 0 Å². The largest absolute Gasteiger partial charge is 0.507 e. The zero-order valence-electron chi connectivity index (χ0n) is 12.0. The molecule has 0 atom stereocenters. The normalized spacial score (nSPS) is 17.0. The molecule has 0 aromatic heterocycles. The fourth-order valence-corrected chi connectivity index (χ4v) is 2.58. The minimum Gasteiger partial charge on any atom is -0.507 e. The van der Waals surface area contributed by atoms with E-state index in [9.17, 15) is 9.90 Å². The molecule has 0 unspecified atom stereocenters. The van der Waals surface area contributed by atoms with Crippen molar-refractivity contribution in [3.05, 3.63) is 29.3 Å². The number of phenols is 1. The summed E-state index contributed by atoms with van der Waals surface area (Å²) in [5, 5.41) is 10.0. The van der Waals surface area contributed by atoms with Crippen molar-refractivity contribution in [3.63, 3.8) is 0 Å². The lowest BCUT2D eigenvalue weighted by Crippen LogP contribution is -2.36. The number of para-hydroxylation sites is 1. The summed E-state index contributed by atoms with van der Waals surface area (Å²) in [6, 6.07) is 5.30. The van der Waals surface area contributed by atoms with Gasteiger partial charge in [0.1, 0.15) is 5.75 Å². The third-order valence-corrected chi connectivity index (χ3v) is 3.79. The van der Waals surface area contributed by atoms with Crippen molar-refractivity contribution in [3.8, 4) is 5.75 Å². The van der Waals surface area contributed by atoms with Crippen LogP contribution in [0.5, 0.6) is 5.75 Å². The summed E-state index contributed by atoms with van der Waals surface area (Å²) in [5.74, 6) is 0.0151. The zero-order chi connectivity index (χ0) is 14.5. The number of carbonyl (C=O) groups is 1. The van der Waals surface area contributed by atoms with Crippen LogP contribution in [0.25, 0.3) is 0 Å². The second kappa shape index (κ2) is 6.72. The van der Waals surface area contributed by atoms with E-state index in [0.717, 1.165) is 38.2 Å². The first-order valence-corrected chi connectivity index (χ1v) is 7.13. The highest BCUT2D eigenvalue weighted by atomic mass is 16.3. The average Bonchev–Trinajstić information content (AvgIpc) is 2.67. The number of aromatic hydroxyl groups is 1. The van der Waals surface area contributed by atoms with Crippen LogP contribution in [0.4, 0.5) is 0 Å². The molecule has 1 aliphatic rings. The molecular weight excluding hydrogens is 254 g/mol. The Labute approximate surface area is 120 Å². The summed E-state index contributed by atoms with van der Waals surface area (Å²) in [5.41, 5.74) is 6.71. The van der Waals surface area contributed by atoms with E-state index < -0.39 is 0 Å². The van der Waals surface area contributed by atoms with Gasteiger partial charge in [-0.3, -0.25) is 4.79 Å². The van der Waals surface area contributed by atoms with Crippen LogP contribution >= 0.6 is 0 Å². The molecule has 1 amide bonds. The minimum atomic E-state index is -0.0826. The number of aryl methyl sites for hydroxylation is 1. The van der Waals surface area contributed by atoms with E-state index in [1.54, 1.807) is 25.1 Å². The molecule has 1 saturated heterocycles. The third kappa shape index (κ3) is 3.29. The lowest BCUT2D eigenvalue weighted by Gasteiger charge is -2.22. The molecule has 1 aromatic rings. The standard InChI is InChI=1S/C15H23N3O2/c1-12-4-2-5-13(14(12)19)15(20)18-8-3-7-17(9-6-16)10-11-18/h2,4-5,19H,3,6-11,16H2,1H3. The predicted octanol–water partition coefficient (Wildman–Crippen LogP) is 0.807. The quantitative estimate of drug-likeness (QED) is 0.857. The van der Waals surface area contributed by atoms with Crippen LogP contribution in [-0.2, 0) is 0 Å². The molecular formula is C15H23N3O2. The predicted molar refractivity (Wildman–Crippen MR) is 78.9 cm³/mol. The first kappa shape index (κ1) is 14.8. The molecule has 0 spiro atoms. The SMILES string of the molecule is Cc1cccc(C(=O)N2CCCN(CCN)CC2)c1O. The second-order valence-corrected chi connectivity index (χ2v) is 5.25. The first-order valence-electron chi connectivity index (χ1n) is 7.13. The number of nitrogens with zero attached hydrogens (tertiary/aromatic N) is 2. The van der Waals surface area contributed by atoms with Gasteiger partial charge in [0.2, 0.25) is 0 Å². The summed E-state index contributed by atoms with van der Waals surface area (Å²) in [6.07, 6.45) is 0.943. The lowest BCUT2D eigenvalue weighted by molar-refractivity contribution is 0.0758. The van der Waals surface area contributed by atoms with Crippen molar-refractivity contribution in [2.45, 2.75) is 13.3 Å². The van der Waals surface area contributed by atoms with Gasteiger partial charge in [-0.1, -0.05) is 12.1 Å². The Bertz CT molecular complexity index is 476. The Kier molecular flexibility index (Phi) is 4.98. The number of benzene rings is 1. The molecule has 20 heavy (non-hydrogen) atoms. The van der Waals surface area contributed by atoms with Gasteiger partial charge in [-0.2, -0.15) is 0 Å². The van der Waals surface area contributed by atoms with Gasteiger partial charge in [-0.15, -0.1) is 0 Å². The molecule has 110 valence electrons. The van der Waals surface area contributed by atoms with Gasteiger partial charge in [0, 0.05) is 32.7 Å². The van der Waals surface area contributed by atoms with Crippen LogP contribution in [0.2, 0.25) is 0 Å². The second-order valence-electron chi connectivity index (χ2n) is 5.25. The molecule has 0 saturated carbocycles. The molecule has 1 aliphatic heterocycles. The van der Waals surface area contributed by atoms with Crippen molar-refractivity contribution in [2.75, 3.05) is 39.3 Å². The van der Waals surface area contributed by atoms with Gasteiger partial charge in [0.05, 0.1) is 5.56 Å². The van der Waals surface area contributed by atoms with E-state index in [2.05, 4.69) is 4.90 Å². The molecule has 1 heterocycles. The van der Waals surface area contributed by atoms with E-state index in [0.29, 0.717) is 18.7 Å². The molecule has 1 aromatic carbocycles. The molecule has 1 fully saturated rings. The maximum Gasteiger partial charge on any atom is 0.257 e. The number of hydrogen-bond acceptors (Lipinski definition) is 4. The van der Waals surface area contributed by atoms with Gasteiger partial charge in [-0.05, 0) is 31.5 Å². The molecule has 5 nitrogen and oxygen atoms in total. The summed E-state index contributed by atoms with van der Waals surface area (Å²) < 4.78 is 0. The first-order chi connectivity index (χ1) is 9.63. The zero-order valence-corrected chi connectivity index (χ0v) is 12.0. The Balaban J connectivity index is 2.07. The summed E-state index contributed by atoms with van der Waals surface area (Å²) in [4.78, 5) is 16.6. The van der Waals surface area contributed by atoms with E-state index in [1.807, 2.05) is 4.90 Å². The van der Waals surface area contributed by atoms with Crippen LogP contribution in [0, 0.1) is 6.92 Å². The Hall–Kier alpha value is -1.59. The maximum atomic E-state index is 12.5. The van der Waals surface area contributed by atoms with Crippen LogP contribution < -0.4 is 5.73 Å². The van der Waals surface area contributed by atoms with E-state index >= 15 is 0 Å². The van der Waals surface area contributed by atoms with Crippen molar-refractivity contribution in [2.24, 2.45) is 5.73 Å². The summed E-state index contributed by atoms with van der Waals surface area (Å²) >= 11 is 0. The van der Waals surface area contributed by atoms with Crippen LogP contribution in [0.15, 0.2) is 18.2 Å². The van der Waals surface area contributed by atoms with Crippen molar-refractivity contribution in [1.29, 1.82) is 0 Å². The summed E-state index contributed by atoms with van der Waals surface area (Å²) in [7, 11) is 0. The highest BCUT2D eigenvalue weighted by Crippen LogP contribution is 2.23. The van der Waals surface area contributed by atoms with E-state index in [4.69, 9.17) is 5.73 Å². The van der Waals surface area contributed by atoms with Crippen molar-refractivity contribution in [1.82, 2.24) is 9.80 Å². The smallest absolute Gasteiger partial charge is 0.257 e. The Morgan fingerprint density at radius 1 is 1.30 bits per heavy atom. The molecule has 0 radical (unpaired) electrons. The third-order valence-electron chi connectivity index (χ3n) is 3.79. The number of amides is 1. The number of carbonyl (C=O) groups excluding carboxylic acids is 1. The summed E-state index contributed by atoms with van der Waals surface area (Å²) in [6.45, 7) is 6.55. The molecule has 5 heteroatoms. The lowest BCUT2D eigenvalue weighted by atomic mass is 10.1. The maximum absolute atomic E-state index is 12.5. The molecule has 0 aliphatic carbocycles. The fourth-order valence-electron chi connectivity index (χ4n) is 2.58. The van der Waals surface area contributed by atoms with Gasteiger partial charge in [0.15, 0.2) is 0 Å². The monoisotopic (exact) mass is 277 g/mol.